The fourth-order valence-corrected chi connectivity index (χ4v) is 2.69. The standard InChI is InChI=1S/C24H28O7/c1-5-13-30-22-10-7-17(14-23(22)29-6-2)8-12-24(26)31-16-20(25)19-15-18(27-3)9-11-21(19)28-4/h7-12,14-15H,5-6,13,16H2,1-4H3/b12-8+. The molecule has 0 radical (unpaired) electrons. The van der Waals surface area contributed by atoms with Crippen molar-refractivity contribution >= 4 is 17.8 Å². The van der Waals surface area contributed by atoms with Gasteiger partial charge >= 0.3 is 5.97 Å². The minimum Gasteiger partial charge on any atom is -0.497 e. The summed E-state index contributed by atoms with van der Waals surface area (Å²) in [7, 11) is 2.96. The van der Waals surface area contributed by atoms with Crippen LogP contribution in [-0.4, -0.2) is 45.8 Å². The van der Waals surface area contributed by atoms with Crippen molar-refractivity contribution in [2.24, 2.45) is 0 Å². The lowest BCUT2D eigenvalue weighted by molar-refractivity contribution is -0.136. The highest BCUT2D eigenvalue weighted by Gasteiger charge is 2.15. The smallest absolute Gasteiger partial charge is 0.331 e. The van der Waals surface area contributed by atoms with Crippen LogP contribution in [0.15, 0.2) is 42.5 Å². The molecule has 31 heavy (non-hydrogen) atoms. The van der Waals surface area contributed by atoms with E-state index in [1.165, 1.54) is 20.3 Å². The normalized spacial score (nSPS) is 10.6. The van der Waals surface area contributed by atoms with Gasteiger partial charge in [-0.05, 0) is 55.3 Å². The minimum atomic E-state index is -0.639. The summed E-state index contributed by atoms with van der Waals surface area (Å²) in [4.78, 5) is 24.5. The predicted octanol–water partition coefficient (Wildman–Crippen LogP) is 4.33. The number of methoxy groups -OCH3 is 2. The highest BCUT2D eigenvalue weighted by Crippen LogP contribution is 2.29. The third-order valence-electron chi connectivity index (χ3n) is 4.19. The molecular weight excluding hydrogens is 400 g/mol. The van der Waals surface area contributed by atoms with E-state index in [0.717, 1.165) is 12.0 Å². The lowest BCUT2D eigenvalue weighted by Crippen LogP contribution is -2.13. The maximum absolute atomic E-state index is 12.4. The first-order valence-corrected chi connectivity index (χ1v) is 10.0. The number of esters is 1. The topological polar surface area (TPSA) is 80.3 Å². The molecule has 0 atom stereocenters. The lowest BCUT2D eigenvalue weighted by atomic mass is 10.1. The number of Topliss-reactive ketones (excluding diaryl/α,β-unsaturated/α-hetero) is 1. The molecule has 0 aliphatic heterocycles. The highest BCUT2D eigenvalue weighted by atomic mass is 16.5. The number of ether oxygens (including phenoxy) is 5. The van der Waals surface area contributed by atoms with Gasteiger partial charge in [0.2, 0.25) is 5.78 Å². The van der Waals surface area contributed by atoms with Crippen molar-refractivity contribution in [2.75, 3.05) is 34.0 Å². The highest BCUT2D eigenvalue weighted by molar-refractivity contribution is 6.01. The van der Waals surface area contributed by atoms with E-state index in [1.807, 2.05) is 19.9 Å². The molecule has 0 aromatic heterocycles. The van der Waals surface area contributed by atoms with E-state index >= 15 is 0 Å². The molecular formula is C24H28O7. The molecule has 0 saturated heterocycles. The first-order valence-electron chi connectivity index (χ1n) is 10.0. The number of hydrogen-bond acceptors (Lipinski definition) is 7. The van der Waals surface area contributed by atoms with Gasteiger partial charge in [0.15, 0.2) is 18.1 Å². The fourth-order valence-electron chi connectivity index (χ4n) is 2.69. The second-order valence-corrected chi connectivity index (χ2v) is 6.42. The van der Waals surface area contributed by atoms with Gasteiger partial charge in [0.25, 0.3) is 0 Å². The summed E-state index contributed by atoms with van der Waals surface area (Å²) in [6.07, 6.45) is 3.73. The van der Waals surface area contributed by atoms with Crippen molar-refractivity contribution in [2.45, 2.75) is 20.3 Å². The number of ketones is 1. The molecule has 0 unspecified atom stereocenters. The Morgan fingerprint density at radius 3 is 2.35 bits per heavy atom. The SMILES string of the molecule is CCCOc1ccc(/C=C/C(=O)OCC(=O)c2cc(OC)ccc2OC)cc1OCC. The molecule has 0 bridgehead atoms. The van der Waals surface area contributed by atoms with E-state index in [2.05, 4.69) is 0 Å². The van der Waals surface area contributed by atoms with Crippen molar-refractivity contribution in [3.8, 4) is 23.0 Å². The van der Waals surface area contributed by atoms with Crippen molar-refractivity contribution < 1.29 is 33.3 Å². The van der Waals surface area contributed by atoms with Crippen LogP contribution in [0, 0.1) is 0 Å². The van der Waals surface area contributed by atoms with E-state index in [0.29, 0.717) is 36.2 Å². The van der Waals surface area contributed by atoms with Crippen LogP contribution in [0.3, 0.4) is 0 Å². The molecule has 7 heteroatoms. The minimum absolute atomic E-state index is 0.280. The Labute approximate surface area is 182 Å². The number of hydrogen-bond donors (Lipinski definition) is 0. The van der Waals surface area contributed by atoms with Crippen LogP contribution in [0.4, 0.5) is 0 Å². The Kier molecular flexibility index (Phi) is 9.42. The quantitative estimate of drug-likeness (QED) is 0.283. The summed E-state index contributed by atoms with van der Waals surface area (Å²) < 4.78 is 26.7. The van der Waals surface area contributed by atoms with Gasteiger partial charge in [-0.2, -0.15) is 0 Å². The first kappa shape index (κ1) is 23.8. The van der Waals surface area contributed by atoms with Crippen LogP contribution < -0.4 is 18.9 Å². The van der Waals surface area contributed by atoms with E-state index in [-0.39, 0.29) is 5.56 Å². The Morgan fingerprint density at radius 1 is 0.903 bits per heavy atom. The summed E-state index contributed by atoms with van der Waals surface area (Å²) in [6, 6.07) is 10.2. The second-order valence-electron chi connectivity index (χ2n) is 6.42. The van der Waals surface area contributed by atoms with Gasteiger partial charge < -0.3 is 23.7 Å². The van der Waals surface area contributed by atoms with Crippen LogP contribution >= 0.6 is 0 Å². The zero-order valence-electron chi connectivity index (χ0n) is 18.3. The van der Waals surface area contributed by atoms with E-state index in [1.54, 1.807) is 36.4 Å². The average molecular weight is 428 g/mol. The zero-order chi connectivity index (χ0) is 22.6. The van der Waals surface area contributed by atoms with Gasteiger partial charge in [-0.15, -0.1) is 0 Å². The van der Waals surface area contributed by atoms with Gasteiger partial charge in [-0.1, -0.05) is 13.0 Å². The number of benzene rings is 2. The lowest BCUT2D eigenvalue weighted by Gasteiger charge is -2.12. The van der Waals surface area contributed by atoms with Gasteiger partial charge in [0, 0.05) is 6.08 Å². The van der Waals surface area contributed by atoms with Gasteiger partial charge in [-0.3, -0.25) is 4.79 Å². The molecule has 0 aliphatic carbocycles. The van der Waals surface area contributed by atoms with Crippen molar-refractivity contribution in [1.82, 2.24) is 0 Å². The molecule has 0 amide bonds. The molecule has 0 heterocycles. The van der Waals surface area contributed by atoms with Crippen LogP contribution in [0.25, 0.3) is 6.08 Å². The Morgan fingerprint density at radius 2 is 1.68 bits per heavy atom. The van der Waals surface area contributed by atoms with Crippen molar-refractivity contribution in [1.29, 1.82) is 0 Å². The molecule has 0 fully saturated rings. The number of rotatable bonds is 12. The molecule has 0 saturated carbocycles. The molecule has 0 spiro atoms. The third kappa shape index (κ3) is 7.06. The van der Waals surface area contributed by atoms with Crippen molar-refractivity contribution in [3.63, 3.8) is 0 Å². The molecule has 0 N–H and O–H groups in total. The molecule has 7 nitrogen and oxygen atoms in total. The Balaban J connectivity index is 2.01. The maximum atomic E-state index is 12.4. The summed E-state index contributed by atoms with van der Waals surface area (Å²) in [5, 5.41) is 0. The monoisotopic (exact) mass is 428 g/mol. The summed E-state index contributed by atoms with van der Waals surface area (Å²) in [5.41, 5.74) is 1.02. The zero-order valence-corrected chi connectivity index (χ0v) is 18.3. The van der Waals surface area contributed by atoms with Gasteiger partial charge in [0.1, 0.15) is 11.5 Å². The van der Waals surface area contributed by atoms with E-state index in [4.69, 9.17) is 23.7 Å². The molecule has 0 aliphatic rings. The van der Waals surface area contributed by atoms with Crippen molar-refractivity contribution in [3.05, 3.63) is 53.6 Å². The molecule has 2 aromatic rings. The predicted molar refractivity (Wildman–Crippen MR) is 117 cm³/mol. The number of carbonyl (C=O) groups is 2. The fraction of sp³-hybridized carbons (Fsp3) is 0.333. The van der Waals surface area contributed by atoms with Gasteiger partial charge in [-0.25, -0.2) is 4.79 Å². The van der Waals surface area contributed by atoms with Gasteiger partial charge in [0.05, 0.1) is 33.0 Å². The third-order valence-corrected chi connectivity index (χ3v) is 4.19. The summed E-state index contributed by atoms with van der Waals surface area (Å²) >= 11 is 0. The first-order chi connectivity index (χ1) is 15.0. The second kappa shape index (κ2) is 12.3. The van der Waals surface area contributed by atoms with E-state index in [9.17, 15) is 9.59 Å². The van der Waals surface area contributed by atoms with E-state index < -0.39 is 18.4 Å². The van der Waals surface area contributed by atoms with Crippen LogP contribution in [0.5, 0.6) is 23.0 Å². The largest absolute Gasteiger partial charge is 0.497 e. The average Bonchev–Trinajstić information content (AvgIpc) is 2.80. The summed E-state index contributed by atoms with van der Waals surface area (Å²) in [5.74, 6) is 1.11. The Hall–Kier alpha value is -3.48. The van der Waals surface area contributed by atoms with Crippen LogP contribution in [0.1, 0.15) is 36.2 Å². The Bertz CT molecular complexity index is 918. The summed E-state index contributed by atoms with van der Waals surface area (Å²) in [6.45, 7) is 4.58. The van der Waals surface area contributed by atoms with Crippen LogP contribution in [-0.2, 0) is 9.53 Å². The maximum Gasteiger partial charge on any atom is 0.331 e. The van der Waals surface area contributed by atoms with Crippen LogP contribution in [0.2, 0.25) is 0 Å². The number of carbonyl (C=O) groups excluding carboxylic acids is 2. The molecule has 166 valence electrons. The molecule has 2 rings (SSSR count). The molecule has 2 aromatic carbocycles.